The van der Waals surface area contributed by atoms with Crippen LogP contribution in [0.25, 0.3) is 0 Å². The number of anilines is 1. The standard InChI is InChI=1S/C19H18F3N5O5S/c1-27-17(23)26-18(10-33(27,29)30)6-7-31-15-5-2-11(8-13(15)18)25-16(28)14-4-3-12(9-24-14)32-19(20,21)22/h2-5,8-9H,6-7,10H2,1H3,(H2,23,26)(H,25,28)/t18-/m0/s1. The number of carbonyl (C=O) groups excluding carboxylic acids is 1. The molecule has 1 fully saturated rings. The molecule has 4 rings (SSSR count). The van der Waals surface area contributed by atoms with Gasteiger partial charge in [0.2, 0.25) is 16.0 Å². The molecule has 176 valence electrons. The summed E-state index contributed by atoms with van der Waals surface area (Å²) in [4.78, 5) is 16.2. The maximum absolute atomic E-state index is 12.6. The highest BCUT2D eigenvalue weighted by atomic mass is 32.2. The van der Waals surface area contributed by atoms with Crippen molar-refractivity contribution in [3.8, 4) is 11.5 Å². The van der Waals surface area contributed by atoms with Crippen LogP contribution in [-0.2, 0) is 15.6 Å². The van der Waals surface area contributed by atoms with Gasteiger partial charge >= 0.3 is 6.36 Å². The molecule has 0 bridgehead atoms. The normalized spacial score (nSPS) is 21.6. The Kier molecular flexibility index (Phi) is 5.35. The highest BCUT2D eigenvalue weighted by molar-refractivity contribution is 7.89. The lowest BCUT2D eigenvalue weighted by Gasteiger charge is -2.45. The van der Waals surface area contributed by atoms with Crippen LogP contribution in [0, 0.1) is 5.41 Å². The first-order valence-corrected chi connectivity index (χ1v) is 11.1. The van der Waals surface area contributed by atoms with Crippen LogP contribution in [-0.4, -0.2) is 55.3 Å². The molecule has 1 aromatic heterocycles. The molecule has 1 atom stereocenters. The van der Waals surface area contributed by atoms with Gasteiger partial charge in [0.05, 0.1) is 24.1 Å². The SMILES string of the molecule is CN1C(=N)N[C@@]2(CCOc3ccc(NC(=O)c4ccc(OC(F)(F)F)cn4)cc32)CS1(=O)=O. The third-order valence-electron chi connectivity index (χ3n) is 5.26. The number of nitrogens with zero attached hydrogens (tertiary/aromatic N) is 2. The van der Waals surface area contributed by atoms with Crippen LogP contribution < -0.4 is 20.1 Å². The molecule has 1 saturated heterocycles. The van der Waals surface area contributed by atoms with E-state index in [0.29, 0.717) is 11.3 Å². The number of guanidine groups is 1. The highest BCUT2D eigenvalue weighted by Crippen LogP contribution is 2.41. The van der Waals surface area contributed by atoms with Gasteiger partial charge in [-0.2, -0.15) is 0 Å². The number of hydrogen-bond acceptors (Lipinski definition) is 7. The van der Waals surface area contributed by atoms with E-state index in [0.717, 1.165) is 22.6 Å². The number of hydrogen-bond donors (Lipinski definition) is 3. The molecule has 0 saturated carbocycles. The summed E-state index contributed by atoms with van der Waals surface area (Å²) in [6.45, 7) is 0.231. The Hall–Kier alpha value is -3.55. The second-order valence-corrected chi connectivity index (χ2v) is 9.47. The van der Waals surface area contributed by atoms with E-state index in [-0.39, 0.29) is 36.1 Å². The molecule has 2 aliphatic rings. The lowest BCUT2D eigenvalue weighted by molar-refractivity contribution is -0.274. The van der Waals surface area contributed by atoms with Crippen molar-refractivity contribution in [2.24, 2.45) is 0 Å². The van der Waals surface area contributed by atoms with E-state index in [1.54, 1.807) is 6.07 Å². The number of aromatic nitrogens is 1. The molecule has 2 aromatic rings. The van der Waals surface area contributed by atoms with Gasteiger partial charge in [0, 0.05) is 24.7 Å². The Labute approximate surface area is 186 Å². The minimum atomic E-state index is -4.88. The summed E-state index contributed by atoms with van der Waals surface area (Å²) in [7, 11) is -2.47. The summed E-state index contributed by atoms with van der Waals surface area (Å²) in [5.74, 6) is -1.45. The molecular weight excluding hydrogens is 467 g/mol. The fourth-order valence-electron chi connectivity index (χ4n) is 3.65. The number of pyridine rings is 1. The topological polar surface area (TPSA) is 134 Å². The minimum absolute atomic E-state index is 0.157. The molecule has 0 aliphatic carbocycles. The number of fused-ring (bicyclic) bond motifs is 2. The van der Waals surface area contributed by atoms with Crippen LogP contribution in [0.1, 0.15) is 22.5 Å². The maximum atomic E-state index is 12.6. The van der Waals surface area contributed by atoms with E-state index in [2.05, 4.69) is 20.4 Å². The van der Waals surface area contributed by atoms with Gasteiger partial charge < -0.3 is 20.1 Å². The molecule has 0 radical (unpaired) electrons. The van der Waals surface area contributed by atoms with Crippen LogP contribution >= 0.6 is 0 Å². The van der Waals surface area contributed by atoms with E-state index in [9.17, 15) is 26.4 Å². The molecule has 3 heterocycles. The molecule has 14 heteroatoms. The monoisotopic (exact) mass is 485 g/mol. The summed E-state index contributed by atoms with van der Waals surface area (Å²) >= 11 is 0. The minimum Gasteiger partial charge on any atom is -0.493 e. The van der Waals surface area contributed by atoms with Gasteiger partial charge in [-0.1, -0.05) is 0 Å². The van der Waals surface area contributed by atoms with Crippen molar-refractivity contribution >= 4 is 27.6 Å². The Morgan fingerprint density at radius 2 is 2.09 bits per heavy atom. The second-order valence-electron chi connectivity index (χ2n) is 7.47. The van der Waals surface area contributed by atoms with E-state index < -0.39 is 33.6 Å². The highest BCUT2D eigenvalue weighted by Gasteiger charge is 2.48. The van der Waals surface area contributed by atoms with Gasteiger partial charge in [-0.15, -0.1) is 13.2 Å². The zero-order chi connectivity index (χ0) is 24.0. The largest absolute Gasteiger partial charge is 0.573 e. The van der Waals surface area contributed by atoms with Crippen LogP contribution in [0.2, 0.25) is 0 Å². The average molecular weight is 485 g/mol. The van der Waals surface area contributed by atoms with Crippen molar-refractivity contribution in [1.29, 1.82) is 5.41 Å². The van der Waals surface area contributed by atoms with E-state index >= 15 is 0 Å². The molecular formula is C19H18F3N5O5S. The fourth-order valence-corrected chi connectivity index (χ4v) is 5.16. The van der Waals surface area contributed by atoms with Gasteiger partial charge in [0.1, 0.15) is 17.2 Å². The number of rotatable bonds is 3. The van der Waals surface area contributed by atoms with Crippen LogP contribution in [0.15, 0.2) is 36.5 Å². The van der Waals surface area contributed by atoms with Crippen molar-refractivity contribution in [3.05, 3.63) is 47.8 Å². The van der Waals surface area contributed by atoms with Crippen LogP contribution in [0.4, 0.5) is 18.9 Å². The summed E-state index contributed by atoms with van der Waals surface area (Å²) in [6, 6.07) is 6.67. The van der Waals surface area contributed by atoms with Gasteiger partial charge in [0.25, 0.3) is 5.91 Å². The fraction of sp³-hybridized carbons (Fsp3) is 0.316. The lowest BCUT2D eigenvalue weighted by Crippen LogP contribution is -2.63. The Morgan fingerprint density at radius 3 is 2.73 bits per heavy atom. The number of amides is 1. The first-order chi connectivity index (χ1) is 15.4. The molecule has 1 spiro atoms. The summed E-state index contributed by atoms with van der Waals surface area (Å²) in [5.41, 5.74) is -0.540. The summed E-state index contributed by atoms with van der Waals surface area (Å²) in [5, 5.41) is 13.6. The van der Waals surface area contributed by atoms with E-state index in [4.69, 9.17) is 10.1 Å². The summed E-state index contributed by atoms with van der Waals surface area (Å²) in [6.07, 6.45) is -3.83. The number of sulfonamides is 1. The van der Waals surface area contributed by atoms with Crippen LogP contribution in [0.5, 0.6) is 11.5 Å². The van der Waals surface area contributed by atoms with Crippen molar-refractivity contribution < 1.29 is 35.9 Å². The molecule has 2 aliphatic heterocycles. The number of halogens is 3. The van der Waals surface area contributed by atoms with Gasteiger partial charge in [-0.3, -0.25) is 10.2 Å². The predicted molar refractivity (Wildman–Crippen MR) is 110 cm³/mol. The number of nitrogens with one attached hydrogen (secondary N) is 3. The Morgan fingerprint density at radius 1 is 1.33 bits per heavy atom. The van der Waals surface area contributed by atoms with Crippen molar-refractivity contribution in [1.82, 2.24) is 14.6 Å². The first kappa shape index (κ1) is 22.6. The van der Waals surface area contributed by atoms with Gasteiger partial charge in [-0.25, -0.2) is 17.7 Å². The lowest BCUT2D eigenvalue weighted by atomic mass is 9.85. The van der Waals surface area contributed by atoms with Gasteiger partial charge in [0.15, 0.2) is 0 Å². The smallest absolute Gasteiger partial charge is 0.493 e. The third-order valence-corrected chi connectivity index (χ3v) is 7.14. The van der Waals surface area contributed by atoms with Crippen LogP contribution in [0.3, 0.4) is 0 Å². The molecule has 10 nitrogen and oxygen atoms in total. The second kappa shape index (κ2) is 7.79. The average Bonchev–Trinajstić information content (AvgIpc) is 2.72. The number of carbonyl (C=O) groups is 1. The van der Waals surface area contributed by atoms with Crippen molar-refractivity contribution in [2.75, 3.05) is 24.7 Å². The predicted octanol–water partition coefficient (Wildman–Crippen LogP) is 2.01. The molecule has 1 amide bonds. The quantitative estimate of drug-likeness (QED) is 0.606. The van der Waals surface area contributed by atoms with Crippen molar-refractivity contribution in [2.45, 2.75) is 18.3 Å². The Balaban J connectivity index is 1.59. The Bertz CT molecular complexity index is 1220. The molecule has 1 aromatic carbocycles. The molecule has 33 heavy (non-hydrogen) atoms. The maximum Gasteiger partial charge on any atom is 0.573 e. The number of benzene rings is 1. The van der Waals surface area contributed by atoms with Crippen molar-refractivity contribution in [3.63, 3.8) is 0 Å². The summed E-state index contributed by atoms with van der Waals surface area (Å²) < 4.78 is 72.2. The first-order valence-electron chi connectivity index (χ1n) is 9.52. The van der Waals surface area contributed by atoms with Gasteiger partial charge in [-0.05, 0) is 30.3 Å². The number of alkyl halides is 3. The van der Waals surface area contributed by atoms with E-state index in [1.165, 1.54) is 19.2 Å². The molecule has 3 N–H and O–H groups in total. The van der Waals surface area contributed by atoms with E-state index in [1.807, 2.05) is 0 Å². The zero-order valence-corrected chi connectivity index (χ0v) is 17.9. The zero-order valence-electron chi connectivity index (χ0n) is 17.1. The third kappa shape index (κ3) is 4.51. The number of ether oxygens (including phenoxy) is 2. The molecule has 0 unspecified atom stereocenters.